The van der Waals surface area contributed by atoms with Gasteiger partial charge in [-0.1, -0.05) is 0 Å². The monoisotopic (exact) mass is 360 g/mol. The number of carbonyl (C=O) groups excluding carboxylic acids is 1. The van der Waals surface area contributed by atoms with Crippen molar-refractivity contribution in [2.75, 3.05) is 25.1 Å². The molecule has 1 fully saturated rings. The number of rotatable bonds is 3. The molecule has 1 N–H and O–H groups in total. The van der Waals surface area contributed by atoms with E-state index in [9.17, 15) is 4.79 Å². The van der Waals surface area contributed by atoms with E-state index in [4.69, 9.17) is 14.2 Å². The summed E-state index contributed by atoms with van der Waals surface area (Å²) in [4.78, 5) is 18.1. The van der Waals surface area contributed by atoms with Crippen LogP contribution in [0.2, 0.25) is 0 Å². The van der Waals surface area contributed by atoms with Crippen molar-refractivity contribution in [2.45, 2.75) is 32.3 Å². The fraction of sp³-hybridized carbons (Fsp3) is 0.444. The van der Waals surface area contributed by atoms with Crippen molar-refractivity contribution in [3.63, 3.8) is 0 Å². The Labute approximate surface area is 150 Å². The Bertz CT molecular complexity index is 811. The van der Waals surface area contributed by atoms with Crippen LogP contribution in [0.4, 0.5) is 5.13 Å². The van der Waals surface area contributed by atoms with Crippen molar-refractivity contribution in [1.82, 2.24) is 4.98 Å². The molecule has 1 aromatic heterocycles. The van der Waals surface area contributed by atoms with E-state index in [1.165, 1.54) is 11.3 Å². The second-order valence-electron chi connectivity index (χ2n) is 6.42. The number of fused-ring (bicyclic) bond motifs is 1. The van der Waals surface area contributed by atoms with Crippen molar-refractivity contribution >= 4 is 22.4 Å². The van der Waals surface area contributed by atoms with Gasteiger partial charge >= 0.3 is 0 Å². The van der Waals surface area contributed by atoms with Crippen LogP contribution >= 0.6 is 11.3 Å². The van der Waals surface area contributed by atoms with Crippen LogP contribution in [0.1, 0.15) is 24.6 Å². The van der Waals surface area contributed by atoms with Crippen molar-refractivity contribution in [2.24, 2.45) is 0 Å². The van der Waals surface area contributed by atoms with Crippen LogP contribution in [-0.4, -0.2) is 36.3 Å². The van der Waals surface area contributed by atoms with Gasteiger partial charge in [-0.05, 0) is 44.9 Å². The summed E-state index contributed by atoms with van der Waals surface area (Å²) < 4.78 is 16.8. The third-order valence-electron chi connectivity index (χ3n) is 4.53. The molecule has 2 aliphatic rings. The van der Waals surface area contributed by atoms with Crippen molar-refractivity contribution < 1.29 is 19.0 Å². The van der Waals surface area contributed by atoms with Crippen LogP contribution in [0.25, 0.3) is 11.3 Å². The second-order valence-corrected chi connectivity index (χ2v) is 7.62. The minimum absolute atomic E-state index is 0.132. The fourth-order valence-electron chi connectivity index (χ4n) is 3.10. The molecule has 0 spiro atoms. The molecule has 7 heteroatoms. The van der Waals surface area contributed by atoms with Gasteiger partial charge in [0, 0.05) is 17.0 Å². The first-order valence-corrected chi connectivity index (χ1v) is 9.20. The number of aromatic nitrogens is 1. The third kappa shape index (κ3) is 3.09. The SMILES string of the molecule is Cc1sc(NC(=O)[C@@]2(C)CCCO2)nc1-c1ccc2c(c1)OCCO2. The van der Waals surface area contributed by atoms with Gasteiger partial charge in [0.1, 0.15) is 18.8 Å². The number of ether oxygens (including phenoxy) is 3. The summed E-state index contributed by atoms with van der Waals surface area (Å²) in [6.45, 7) is 5.57. The van der Waals surface area contributed by atoms with Crippen LogP contribution in [0.15, 0.2) is 18.2 Å². The normalized spacial score (nSPS) is 22.0. The highest BCUT2D eigenvalue weighted by atomic mass is 32.1. The van der Waals surface area contributed by atoms with Crippen molar-refractivity contribution in [3.05, 3.63) is 23.1 Å². The summed E-state index contributed by atoms with van der Waals surface area (Å²) in [6, 6.07) is 5.79. The minimum Gasteiger partial charge on any atom is -0.486 e. The molecule has 1 saturated heterocycles. The molecule has 0 aliphatic carbocycles. The lowest BCUT2D eigenvalue weighted by molar-refractivity contribution is -0.133. The maximum atomic E-state index is 12.5. The van der Waals surface area contributed by atoms with E-state index in [2.05, 4.69) is 10.3 Å². The number of hydrogen-bond donors (Lipinski definition) is 1. The molecule has 132 valence electrons. The molecule has 25 heavy (non-hydrogen) atoms. The lowest BCUT2D eigenvalue weighted by Crippen LogP contribution is -2.39. The molecule has 0 unspecified atom stereocenters. The van der Waals surface area contributed by atoms with Gasteiger partial charge < -0.3 is 14.2 Å². The van der Waals surface area contributed by atoms with Gasteiger partial charge in [-0.3, -0.25) is 10.1 Å². The van der Waals surface area contributed by atoms with Crippen LogP contribution in [0, 0.1) is 6.92 Å². The highest BCUT2D eigenvalue weighted by Gasteiger charge is 2.38. The molecule has 6 nitrogen and oxygen atoms in total. The molecule has 0 saturated carbocycles. The van der Waals surface area contributed by atoms with Gasteiger partial charge in [0.2, 0.25) is 0 Å². The average Bonchev–Trinajstić information content (AvgIpc) is 3.21. The zero-order chi connectivity index (χ0) is 17.4. The molecule has 1 aromatic carbocycles. The van der Waals surface area contributed by atoms with E-state index in [1.807, 2.05) is 32.0 Å². The largest absolute Gasteiger partial charge is 0.486 e. The molecule has 0 bridgehead atoms. The first kappa shape index (κ1) is 16.4. The quantitative estimate of drug-likeness (QED) is 0.908. The zero-order valence-electron chi connectivity index (χ0n) is 14.3. The number of aryl methyl sites for hydroxylation is 1. The maximum Gasteiger partial charge on any atom is 0.258 e. The third-order valence-corrected chi connectivity index (χ3v) is 5.42. The Morgan fingerprint density at radius 3 is 2.80 bits per heavy atom. The van der Waals surface area contributed by atoms with Crippen LogP contribution in [0.3, 0.4) is 0 Å². The Morgan fingerprint density at radius 2 is 2.04 bits per heavy atom. The number of nitrogens with one attached hydrogen (secondary N) is 1. The highest BCUT2D eigenvalue weighted by Crippen LogP contribution is 2.37. The Balaban J connectivity index is 1.57. The number of amides is 1. The van der Waals surface area contributed by atoms with E-state index < -0.39 is 5.60 Å². The van der Waals surface area contributed by atoms with E-state index in [0.717, 1.165) is 40.5 Å². The Morgan fingerprint density at radius 1 is 1.24 bits per heavy atom. The molecule has 2 aromatic rings. The second kappa shape index (κ2) is 6.31. The summed E-state index contributed by atoms with van der Waals surface area (Å²) in [6.07, 6.45) is 1.64. The molecule has 4 rings (SSSR count). The van der Waals surface area contributed by atoms with E-state index in [0.29, 0.717) is 25.0 Å². The standard InChI is InChI=1S/C18H20N2O4S/c1-11-15(12-4-5-13-14(10-12)23-9-8-22-13)19-17(25-11)20-16(21)18(2)6-3-7-24-18/h4-5,10H,3,6-9H2,1-2H3,(H,19,20,21)/t18-/m1/s1. The zero-order valence-corrected chi connectivity index (χ0v) is 15.1. The van der Waals surface area contributed by atoms with Crippen LogP contribution in [0.5, 0.6) is 11.5 Å². The van der Waals surface area contributed by atoms with Gasteiger partial charge in [0.15, 0.2) is 16.6 Å². The van der Waals surface area contributed by atoms with E-state index in [-0.39, 0.29) is 5.91 Å². The van der Waals surface area contributed by atoms with Crippen LogP contribution in [-0.2, 0) is 9.53 Å². The van der Waals surface area contributed by atoms with E-state index >= 15 is 0 Å². The smallest absolute Gasteiger partial charge is 0.258 e. The molecule has 0 radical (unpaired) electrons. The predicted octanol–water partition coefficient (Wildman–Crippen LogP) is 3.40. The minimum atomic E-state index is -0.753. The number of carbonyl (C=O) groups is 1. The number of thiazole rings is 1. The number of nitrogens with zero attached hydrogens (tertiary/aromatic N) is 1. The molecule has 1 atom stereocenters. The van der Waals surface area contributed by atoms with Gasteiger partial charge in [-0.25, -0.2) is 4.98 Å². The highest BCUT2D eigenvalue weighted by molar-refractivity contribution is 7.16. The molecule has 1 amide bonds. The summed E-state index contributed by atoms with van der Waals surface area (Å²) >= 11 is 1.46. The number of hydrogen-bond acceptors (Lipinski definition) is 6. The van der Waals surface area contributed by atoms with Gasteiger partial charge in [0.25, 0.3) is 5.91 Å². The topological polar surface area (TPSA) is 69.7 Å². The van der Waals surface area contributed by atoms with Gasteiger partial charge in [-0.15, -0.1) is 11.3 Å². The molecular weight excluding hydrogens is 340 g/mol. The van der Waals surface area contributed by atoms with Crippen LogP contribution < -0.4 is 14.8 Å². The Hall–Kier alpha value is -2.12. The van der Waals surface area contributed by atoms with Crippen molar-refractivity contribution in [3.8, 4) is 22.8 Å². The summed E-state index contributed by atoms with van der Waals surface area (Å²) in [7, 11) is 0. The predicted molar refractivity (Wildman–Crippen MR) is 95.5 cm³/mol. The number of anilines is 1. The number of benzene rings is 1. The average molecular weight is 360 g/mol. The molecular formula is C18H20N2O4S. The fourth-order valence-corrected chi connectivity index (χ4v) is 3.93. The van der Waals surface area contributed by atoms with Gasteiger partial charge in [0.05, 0.1) is 5.69 Å². The summed E-state index contributed by atoms with van der Waals surface area (Å²) in [5.41, 5.74) is 1.04. The lowest BCUT2D eigenvalue weighted by Gasteiger charge is -2.20. The van der Waals surface area contributed by atoms with Crippen molar-refractivity contribution in [1.29, 1.82) is 0 Å². The summed E-state index contributed by atoms with van der Waals surface area (Å²) in [5, 5.41) is 3.49. The van der Waals surface area contributed by atoms with Gasteiger partial charge in [-0.2, -0.15) is 0 Å². The summed E-state index contributed by atoms with van der Waals surface area (Å²) in [5.74, 6) is 1.35. The van der Waals surface area contributed by atoms with E-state index in [1.54, 1.807) is 0 Å². The maximum absolute atomic E-state index is 12.5. The Kier molecular flexibility index (Phi) is 4.13. The lowest BCUT2D eigenvalue weighted by atomic mass is 10.0. The first-order chi connectivity index (χ1) is 12.0. The molecule has 3 heterocycles. The first-order valence-electron chi connectivity index (χ1n) is 8.38. The molecule has 2 aliphatic heterocycles.